The molecular weight excluding hydrogens is 334 g/mol. The highest BCUT2D eigenvalue weighted by Gasteiger charge is 2.26. The molecule has 26 heavy (non-hydrogen) atoms. The molecule has 1 aliphatic carbocycles. The maximum Gasteiger partial charge on any atom is 0.323 e. The Kier molecular flexibility index (Phi) is 8.35. The molecular formula is C19H33N3O4. The molecule has 1 saturated carbocycles. The Bertz CT molecular complexity index is 491. The lowest BCUT2D eigenvalue weighted by Gasteiger charge is -2.29. The van der Waals surface area contributed by atoms with Crippen LogP contribution >= 0.6 is 0 Å². The van der Waals surface area contributed by atoms with E-state index in [0.29, 0.717) is 25.4 Å². The van der Waals surface area contributed by atoms with Gasteiger partial charge in [0.25, 0.3) is 0 Å². The van der Waals surface area contributed by atoms with Gasteiger partial charge in [-0.15, -0.1) is 0 Å². The van der Waals surface area contributed by atoms with Crippen LogP contribution in [-0.2, 0) is 14.4 Å². The Morgan fingerprint density at radius 1 is 1.04 bits per heavy atom. The molecule has 1 heterocycles. The van der Waals surface area contributed by atoms with Crippen molar-refractivity contribution in [1.29, 1.82) is 0 Å². The van der Waals surface area contributed by atoms with E-state index in [2.05, 4.69) is 10.2 Å². The average Bonchev–Trinajstić information content (AvgIpc) is 2.84. The summed E-state index contributed by atoms with van der Waals surface area (Å²) in [4.78, 5) is 38.6. The molecule has 0 bridgehead atoms. The fourth-order valence-electron chi connectivity index (χ4n) is 4.16. The number of carboxylic acids is 1. The van der Waals surface area contributed by atoms with Crippen molar-refractivity contribution in [3.63, 3.8) is 0 Å². The number of likely N-dealkylation sites (tertiary alicyclic amines) is 1. The van der Waals surface area contributed by atoms with Gasteiger partial charge in [0, 0.05) is 26.1 Å². The highest BCUT2D eigenvalue weighted by Crippen LogP contribution is 2.22. The third-order valence-corrected chi connectivity index (χ3v) is 5.62. The van der Waals surface area contributed by atoms with Crippen LogP contribution in [0.4, 0.5) is 0 Å². The summed E-state index contributed by atoms with van der Waals surface area (Å²) in [6.45, 7) is 3.87. The highest BCUT2D eigenvalue weighted by atomic mass is 16.4. The number of hydrogen-bond acceptors (Lipinski definition) is 4. The number of nitrogens with one attached hydrogen (secondary N) is 1. The average molecular weight is 367 g/mol. The lowest BCUT2D eigenvalue weighted by Crippen LogP contribution is -2.43. The number of carboxylic acid groups (broad SMARTS) is 1. The van der Waals surface area contributed by atoms with Crippen LogP contribution in [0.2, 0.25) is 0 Å². The van der Waals surface area contributed by atoms with Crippen LogP contribution in [0.3, 0.4) is 0 Å². The first-order chi connectivity index (χ1) is 12.5. The van der Waals surface area contributed by atoms with E-state index in [0.717, 1.165) is 25.9 Å². The summed E-state index contributed by atoms with van der Waals surface area (Å²) < 4.78 is 0. The smallest absolute Gasteiger partial charge is 0.323 e. The van der Waals surface area contributed by atoms with Crippen LogP contribution in [0.15, 0.2) is 0 Å². The van der Waals surface area contributed by atoms with Gasteiger partial charge in [-0.05, 0) is 44.6 Å². The van der Waals surface area contributed by atoms with E-state index in [4.69, 9.17) is 5.11 Å². The second-order valence-electron chi connectivity index (χ2n) is 7.71. The second kappa shape index (κ2) is 10.5. The molecule has 1 atom stereocenters. The lowest BCUT2D eigenvalue weighted by molar-refractivity contribution is -0.145. The number of rotatable bonds is 7. The molecule has 1 aliphatic heterocycles. The van der Waals surface area contributed by atoms with Crippen LogP contribution in [0.25, 0.3) is 0 Å². The van der Waals surface area contributed by atoms with Crippen molar-refractivity contribution in [1.82, 2.24) is 15.1 Å². The molecule has 0 radical (unpaired) electrons. The zero-order valence-electron chi connectivity index (χ0n) is 15.9. The van der Waals surface area contributed by atoms with Gasteiger partial charge in [0.2, 0.25) is 11.8 Å². The molecule has 2 N–H and O–H groups in total. The molecule has 0 aromatic rings. The van der Waals surface area contributed by atoms with Crippen molar-refractivity contribution in [2.75, 3.05) is 32.7 Å². The zero-order valence-corrected chi connectivity index (χ0v) is 15.9. The van der Waals surface area contributed by atoms with Crippen LogP contribution in [0.1, 0.15) is 58.3 Å². The standard InChI is InChI=1S/C19H33N3O4/c1-15(23)22(14-19(25)26)17-8-5-10-21(11-9-17)13-18(24)20-12-16-6-3-2-4-7-16/h16-17H,2-14H2,1H3,(H,20,24)(H,25,26). The molecule has 7 heteroatoms. The molecule has 1 saturated heterocycles. The first kappa shape index (κ1) is 20.7. The topological polar surface area (TPSA) is 90.0 Å². The Balaban J connectivity index is 1.75. The van der Waals surface area contributed by atoms with Gasteiger partial charge in [-0.25, -0.2) is 0 Å². The predicted molar refractivity (Wildman–Crippen MR) is 98.7 cm³/mol. The molecule has 2 amide bonds. The van der Waals surface area contributed by atoms with E-state index in [1.54, 1.807) is 0 Å². The minimum Gasteiger partial charge on any atom is -0.480 e. The zero-order chi connectivity index (χ0) is 18.9. The quantitative estimate of drug-likeness (QED) is 0.711. The summed E-state index contributed by atoms with van der Waals surface area (Å²) in [6.07, 6.45) is 8.67. The summed E-state index contributed by atoms with van der Waals surface area (Å²) in [6, 6.07) is -0.0566. The maximum absolute atomic E-state index is 12.2. The fourth-order valence-corrected chi connectivity index (χ4v) is 4.16. The molecule has 2 fully saturated rings. The Hall–Kier alpha value is -1.63. The molecule has 0 aromatic carbocycles. The molecule has 0 aromatic heterocycles. The summed E-state index contributed by atoms with van der Waals surface area (Å²) in [5.41, 5.74) is 0. The minimum absolute atomic E-state index is 0.0566. The van der Waals surface area contributed by atoms with Crippen molar-refractivity contribution in [2.45, 2.75) is 64.3 Å². The van der Waals surface area contributed by atoms with Crippen LogP contribution in [0, 0.1) is 5.92 Å². The minimum atomic E-state index is -0.983. The summed E-state index contributed by atoms with van der Waals surface area (Å²) in [5.74, 6) is -0.483. The van der Waals surface area contributed by atoms with E-state index in [1.165, 1.54) is 43.9 Å². The molecule has 7 nitrogen and oxygen atoms in total. The van der Waals surface area contributed by atoms with Gasteiger partial charge in [0.15, 0.2) is 0 Å². The summed E-state index contributed by atoms with van der Waals surface area (Å²) >= 11 is 0. The first-order valence-corrected chi connectivity index (χ1v) is 9.93. The van der Waals surface area contributed by atoms with Crippen molar-refractivity contribution >= 4 is 17.8 Å². The van der Waals surface area contributed by atoms with Crippen LogP contribution in [-0.4, -0.2) is 71.5 Å². The maximum atomic E-state index is 12.2. The predicted octanol–water partition coefficient (Wildman–Crippen LogP) is 1.47. The molecule has 1 unspecified atom stereocenters. The van der Waals surface area contributed by atoms with E-state index in [1.807, 2.05) is 0 Å². The fraction of sp³-hybridized carbons (Fsp3) is 0.842. The summed E-state index contributed by atoms with van der Waals surface area (Å²) in [5, 5.41) is 12.1. The van der Waals surface area contributed by atoms with E-state index in [9.17, 15) is 14.4 Å². The van der Waals surface area contributed by atoms with Gasteiger partial charge in [0.05, 0.1) is 6.54 Å². The number of carbonyl (C=O) groups is 3. The van der Waals surface area contributed by atoms with Crippen LogP contribution < -0.4 is 5.32 Å². The highest BCUT2D eigenvalue weighted by molar-refractivity contribution is 5.80. The van der Waals surface area contributed by atoms with Gasteiger partial charge in [-0.2, -0.15) is 0 Å². The monoisotopic (exact) mass is 367 g/mol. The number of nitrogens with zero attached hydrogens (tertiary/aromatic N) is 2. The Morgan fingerprint density at radius 2 is 1.77 bits per heavy atom. The molecule has 2 rings (SSSR count). The first-order valence-electron chi connectivity index (χ1n) is 9.93. The van der Waals surface area contributed by atoms with Gasteiger partial charge >= 0.3 is 5.97 Å². The molecule has 0 spiro atoms. The Labute approximate surface area is 156 Å². The van der Waals surface area contributed by atoms with E-state index < -0.39 is 5.97 Å². The van der Waals surface area contributed by atoms with Gasteiger partial charge in [-0.3, -0.25) is 19.3 Å². The number of aliphatic carboxylic acids is 1. The molecule has 148 valence electrons. The number of carbonyl (C=O) groups excluding carboxylic acids is 2. The SMILES string of the molecule is CC(=O)N(CC(=O)O)C1CCCN(CC(=O)NCC2CCCCC2)CC1. The van der Waals surface area contributed by atoms with Gasteiger partial charge in [0.1, 0.15) is 6.54 Å². The van der Waals surface area contributed by atoms with Crippen molar-refractivity contribution in [3.05, 3.63) is 0 Å². The van der Waals surface area contributed by atoms with Gasteiger partial charge < -0.3 is 15.3 Å². The normalized spacial score (nSPS) is 22.4. The largest absolute Gasteiger partial charge is 0.480 e. The third kappa shape index (κ3) is 6.94. The molecule has 2 aliphatic rings. The van der Waals surface area contributed by atoms with Crippen LogP contribution in [0.5, 0.6) is 0 Å². The number of hydrogen-bond donors (Lipinski definition) is 2. The van der Waals surface area contributed by atoms with Crippen molar-refractivity contribution < 1.29 is 19.5 Å². The third-order valence-electron chi connectivity index (χ3n) is 5.62. The van der Waals surface area contributed by atoms with Crippen molar-refractivity contribution in [2.24, 2.45) is 5.92 Å². The van der Waals surface area contributed by atoms with E-state index >= 15 is 0 Å². The Morgan fingerprint density at radius 3 is 2.42 bits per heavy atom. The number of amides is 2. The summed E-state index contributed by atoms with van der Waals surface area (Å²) in [7, 11) is 0. The lowest BCUT2D eigenvalue weighted by atomic mass is 9.89. The van der Waals surface area contributed by atoms with Gasteiger partial charge in [-0.1, -0.05) is 19.3 Å². The van der Waals surface area contributed by atoms with Crippen molar-refractivity contribution in [3.8, 4) is 0 Å². The second-order valence-corrected chi connectivity index (χ2v) is 7.71. The van der Waals surface area contributed by atoms with E-state index in [-0.39, 0.29) is 24.4 Å².